The molecule has 18 heavy (non-hydrogen) atoms. The van der Waals surface area contributed by atoms with E-state index in [2.05, 4.69) is 21.8 Å². The molecule has 1 N–H and O–H groups in total. The number of ether oxygens (including phenoxy) is 1. The molecule has 0 aliphatic carbocycles. The summed E-state index contributed by atoms with van der Waals surface area (Å²) in [6, 6.07) is 0.430. The fourth-order valence-corrected chi connectivity index (χ4v) is 2.87. The van der Waals surface area contributed by atoms with E-state index >= 15 is 0 Å². The van der Waals surface area contributed by atoms with Crippen molar-refractivity contribution in [2.24, 2.45) is 0 Å². The second-order valence-electron chi connectivity index (χ2n) is 5.17. The van der Waals surface area contributed by atoms with Crippen molar-refractivity contribution in [1.29, 1.82) is 0 Å². The lowest BCUT2D eigenvalue weighted by Gasteiger charge is -2.27. The molecule has 1 aliphatic heterocycles. The molecule has 2 rings (SSSR count). The van der Waals surface area contributed by atoms with Crippen LogP contribution in [0.4, 0.5) is 0 Å². The van der Waals surface area contributed by atoms with Crippen molar-refractivity contribution < 1.29 is 4.74 Å². The van der Waals surface area contributed by atoms with Crippen LogP contribution in [0.1, 0.15) is 50.3 Å². The first-order chi connectivity index (χ1) is 8.86. The van der Waals surface area contributed by atoms with Gasteiger partial charge in [0.1, 0.15) is 0 Å². The van der Waals surface area contributed by atoms with Gasteiger partial charge in [0, 0.05) is 31.5 Å². The van der Waals surface area contributed by atoms with Crippen molar-refractivity contribution >= 4 is 0 Å². The molecule has 1 aromatic heterocycles. The molecule has 1 saturated heterocycles. The lowest BCUT2D eigenvalue weighted by Crippen LogP contribution is -2.30. The van der Waals surface area contributed by atoms with Gasteiger partial charge in [-0.25, -0.2) is 4.98 Å². The highest BCUT2D eigenvalue weighted by Crippen LogP contribution is 2.26. The lowest BCUT2D eigenvalue weighted by atomic mass is 9.96. The van der Waals surface area contributed by atoms with Crippen LogP contribution in [-0.4, -0.2) is 36.4 Å². The Morgan fingerprint density at radius 2 is 2.50 bits per heavy atom. The van der Waals surface area contributed by atoms with Gasteiger partial charge in [-0.1, -0.05) is 13.3 Å². The zero-order valence-electron chi connectivity index (χ0n) is 11.6. The van der Waals surface area contributed by atoms with Crippen molar-refractivity contribution in [1.82, 2.24) is 14.9 Å². The first-order valence-corrected chi connectivity index (χ1v) is 7.08. The minimum absolute atomic E-state index is 0.430. The zero-order chi connectivity index (χ0) is 12.8. The van der Waals surface area contributed by atoms with Crippen LogP contribution in [0.2, 0.25) is 0 Å². The second kappa shape index (κ2) is 6.90. The average Bonchev–Trinajstić information content (AvgIpc) is 2.88. The quantitative estimate of drug-likeness (QED) is 0.843. The van der Waals surface area contributed by atoms with Gasteiger partial charge in [-0.15, -0.1) is 0 Å². The van der Waals surface area contributed by atoms with Crippen LogP contribution < -0.4 is 5.32 Å². The maximum Gasteiger partial charge on any atom is 0.0951 e. The molecule has 0 spiro atoms. The van der Waals surface area contributed by atoms with Gasteiger partial charge in [-0.05, 0) is 25.8 Å². The van der Waals surface area contributed by atoms with E-state index in [1.165, 1.54) is 25.0 Å². The Labute approximate surface area is 110 Å². The van der Waals surface area contributed by atoms with Gasteiger partial charge in [0.15, 0.2) is 0 Å². The summed E-state index contributed by atoms with van der Waals surface area (Å²) >= 11 is 0. The van der Waals surface area contributed by atoms with Crippen LogP contribution in [0.15, 0.2) is 12.5 Å². The summed E-state index contributed by atoms with van der Waals surface area (Å²) < 4.78 is 7.70. The maximum atomic E-state index is 5.36. The molecule has 2 atom stereocenters. The van der Waals surface area contributed by atoms with E-state index in [9.17, 15) is 0 Å². The van der Waals surface area contributed by atoms with E-state index in [-0.39, 0.29) is 0 Å². The van der Waals surface area contributed by atoms with Crippen molar-refractivity contribution in [2.75, 3.05) is 26.8 Å². The summed E-state index contributed by atoms with van der Waals surface area (Å²) in [5, 5.41) is 3.48. The highest BCUT2D eigenvalue weighted by molar-refractivity contribution is 5.09. The van der Waals surface area contributed by atoms with E-state index in [1.807, 2.05) is 12.5 Å². The van der Waals surface area contributed by atoms with Crippen molar-refractivity contribution in [3.8, 4) is 0 Å². The number of nitrogens with one attached hydrogen (secondary N) is 1. The second-order valence-corrected chi connectivity index (χ2v) is 5.17. The Morgan fingerprint density at radius 1 is 1.61 bits per heavy atom. The fourth-order valence-electron chi connectivity index (χ4n) is 2.87. The highest BCUT2D eigenvalue weighted by atomic mass is 16.5. The van der Waals surface area contributed by atoms with Crippen molar-refractivity contribution in [3.63, 3.8) is 0 Å². The highest BCUT2D eigenvalue weighted by Gasteiger charge is 2.21. The molecule has 0 saturated carbocycles. The average molecular weight is 251 g/mol. The largest absolute Gasteiger partial charge is 0.383 e. The van der Waals surface area contributed by atoms with Crippen LogP contribution in [0.3, 0.4) is 0 Å². The predicted octanol–water partition coefficient (Wildman–Crippen LogP) is 2.34. The third-order valence-corrected chi connectivity index (χ3v) is 3.79. The summed E-state index contributed by atoms with van der Waals surface area (Å²) in [5.41, 5.74) is 1.37. The third-order valence-electron chi connectivity index (χ3n) is 3.79. The van der Waals surface area contributed by atoms with E-state index in [0.29, 0.717) is 12.0 Å². The number of nitrogens with zero attached hydrogens (tertiary/aromatic N) is 2. The summed E-state index contributed by atoms with van der Waals surface area (Å²) in [4.78, 5) is 4.36. The molecule has 4 nitrogen and oxygen atoms in total. The molecule has 0 amide bonds. The standard InChI is InChI=1S/C14H25N3O/c1-3-5-13(10-18-2)17-11-16-9-14(17)12-6-4-7-15-8-12/h9,11-13,15H,3-8,10H2,1-2H3. The van der Waals surface area contributed by atoms with Gasteiger partial charge < -0.3 is 14.6 Å². The van der Waals surface area contributed by atoms with E-state index in [0.717, 1.165) is 26.1 Å². The number of aromatic nitrogens is 2. The number of piperidine rings is 1. The number of rotatable bonds is 6. The molecule has 1 fully saturated rings. The van der Waals surface area contributed by atoms with Gasteiger partial charge in [-0.2, -0.15) is 0 Å². The molecule has 4 heteroatoms. The Kier molecular flexibility index (Phi) is 5.20. The maximum absolute atomic E-state index is 5.36. The molecule has 0 radical (unpaired) electrons. The Balaban J connectivity index is 2.13. The molecule has 2 heterocycles. The fraction of sp³-hybridized carbons (Fsp3) is 0.786. The summed E-state index contributed by atoms with van der Waals surface area (Å²) in [5.74, 6) is 0.609. The van der Waals surface area contributed by atoms with Crippen molar-refractivity contribution in [3.05, 3.63) is 18.2 Å². The van der Waals surface area contributed by atoms with Gasteiger partial charge in [0.05, 0.1) is 19.0 Å². The van der Waals surface area contributed by atoms with Gasteiger partial charge >= 0.3 is 0 Å². The topological polar surface area (TPSA) is 39.1 Å². The van der Waals surface area contributed by atoms with Crippen molar-refractivity contribution in [2.45, 2.75) is 44.6 Å². The minimum atomic E-state index is 0.430. The summed E-state index contributed by atoms with van der Waals surface area (Å²) in [7, 11) is 1.78. The minimum Gasteiger partial charge on any atom is -0.383 e. The summed E-state index contributed by atoms with van der Waals surface area (Å²) in [6.45, 7) is 5.23. The lowest BCUT2D eigenvalue weighted by molar-refractivity contribution is 0.148. The number of imidazole rings is 1. The van der Waals surface area contributed by atoms with Gasteiger partial charge in [-0.3, -0.25) is 0 Å². The molecular formula is C14H25N3O. The molecule has 0 bridgehead atoms. The Bertz CT molecular complexity index is 339. The predicted molar refractivity (Wildman–Crippen MR) is 72.9 cm³/mol. The first kappa shape index (κ1) is 13.6. The normalized spacial score (nSPS) is 22.0. The number of methoxy groups -OCH3 is 1. The molecule has 0 aromatic carbocycles. The third kappa shape index (κ3) is 3.12. The number of hydrogen-bond donors (Lipinski definition) is 1. The van der Waals surface area contributed by atoms with Crippen LogP contribution in [0.25, 0.3) is 0 Å². The first-order valence-electron chi connectivity index (χ1n) is 7.08. The number of hydrogen-bond acceptors (Lipinski definition) is 3. The van der Waals surface area contributed by atoms with Crippen LogP contribution in [0.5, 0.6) is 0 Å². The smallest absolute Gasteiger partial charge is 0.0951 e. The molecule has 102 valence electrons. The molecule has 2 unspecified atom stereocenters. The van der Waals surface area contributed by atoms with Crippen LogP contribution in [0, 0.1) is 0 Å². The van der Waals surface area contributed by atoms with Gasteiger partial charge in [0.25, 0.3) is 0 Å². The Hall–Kier alpha value is -0.870. The van der Waals surface area contributed by atoms with Gasteiger partial charge in [0.2, 0.25) is 0 Å². The van der Waals surface area contributed by atoms with Crippen LogP contribution in [-0.2, 0) is 4.74 Å². The monoisotopic (exact) mass is 251 g/mol. The van der Waals surface area contributed by atoms with Crippen LogP contribution >= 0.6 is 0 Å². The van der Waals surface area contributed by atoms with E-state index in [1.54, 1.807) is 7.11 Å². The van der Waals surface area contributed by atoms with E-state index in [4.69, 9.17) is 4.74 Å². The summed E-state index contributed by atoms with van der Waals surface area (Å²) in [6.07, 6.45) is 8.87. The molecular weight excluding hydrogens is 226 g/mol. The van der Waals surface area contributed by atoms with E-state index < -0.39 is 0 Å². The molecule has 1 aliphatic rings. The zero-order valence-corrected chi connectivity index (χ0v) is 11.6. The SMILES string of the molecule is CCCC(COC)n1cncc1C1CCCNC1. The Morgan fingerprint density at radius 3 is 3.17 bits per heavy atom. The molecule has 1 aromatic rings.